The molecule has 0 bridgehead atoms. The quantitative estimate of drug-likeness (QED) is 0.893. The smallest absolute Gasteiger partial charge is 0.311 e. The Hall–Kier alpha value is -2.82. The summed E-state index contributed by atoms with van der Waals surface area (Å²) in [5.74, 6) is -0.531. The van der Waals surface area contributed by atoms with Gasteiger partial charge in [0.2, 0.25) is 0 Å². The van der Waals surface area contributed by atoms with E-state index in [-0.39, 0.29) is 12.5 Å². The number of carbonyl (C=O) groups excluding carboxylic acids is 1. The zero-order valence-corrected chi connectivity index (χ0v) is 15.1. The molecule has 1 unspecified atom stereocenters. The van der Waals surface area contributed by atoms with Gasteiger partial charge < -0.3 is 14.7 Å². The van der Waals surface area contributed by atoms with E-state index in [1.807, 2.05) is 37.3 Å². The number of aryl methyl sites for hydroxylation is 1. The average molecular weight is 353 g/mol. The normalized spacial score (nSPS) is 19.4. The Morgan fingerprint density at radius 1 is 1.15 bits per heavy atom. The first-order valence-electron chi connectivity index (χ1n) is 8.70. The van der Waals surface area contributed by atoms with Gasteiger partial charge in [-0.1, -0.05) is 36.4 Å². The molecule has 136 valence electrons. The van der Waals surface area contributed by atoms with Crippen LogP contribution in [-0.4, -0.2) is 35.0 Å². The van der Waals surface area contributed by atoms with E-state index in [0.717, 1.165) is 11.1 Å². The third-order valence-electron chi connectivity index (χ3n) is 5.04. The predicted molar refractivity (Wildman–Crippen MR) is 98.2 cm³/mol. The third-order valence-corrected chi connectivity index (χ3v) is 5.04. The lowest BCUT2D eigenvalue weighted by Gasteiger charge is -2.21. The van der Waals surface area contributed by atoms with E-state index in [4.69, 9.17) is 4.74 Å². The van der Waals surface area contributed by atoms with E-state index < -0.39 is 11.4 Å². The molecule has 5 heteroatoms. The fraction of sp³-hybridized carbons (Fsp3) is 0.333. The van der Waals surface area contributed by atoms with Gasteiger partial charge in [0.25, 0.3) is 5.91 Å². The minimum absolute atomic E-state index is 0.185. The molecule has 0 aliphatic carbocycles. The summed E-state index contributed by atoms with van der Waals surface area (Å²) in [6, 6.07) is 15.1. The number of likely N-dealkylation sites (tertiary alicyclic amines) is 1. The van der Waals surface area contributed by atoms with Crippen LogP contribution in [0.15, 0.2) is 48.5 Å². The number of carbonyl (C=O) groups is 2. The monoisotopic (exact) mass is 353 g/mol. The molecule has 3 rings (SSSR count). The van der Waals surface area contributed by atoms with Crippen LogP contribution >= 0.6 is 0 Å². The van der Waals surface area contributed by atoms with Crippen molar-refractivity contribution in [3.63, 3.8) is 0 Å². The van der Waals surface area contributed by atoms with Crippen LogP contribution in [0, 0.1) is 12.3 Å². The summed E-state index contributed by atoms with van der Waals surface area (Å²) in [7, 11) is 0. The number of nitrogens with zero attached hydrogens (tertiary/aromatic N) is 1. The van der Waals surface area contributed by atoms with Crippen LogP contribution in [0.25, 0.3) is 0 Å². The van der Waals surface area contributed by atoms with Gasteiger partial charge in [-0.2, -0.15) is 0 Å². The molecule has 2 aromatic rings. The van der Waals surface area contributed by atoms with E-state index in [9.17, 15) is 14.7 Å². The number of carboxylic acid groups (broad SMARTS) is 1. The van der Waals surface area contributed by atoms with Gasteiger partial charge in [-0.15, -0.1) is 0 Å². The second-order valence-corrected chi connectivity index (χ2v) is 7.05. The Kier molecular flexibility index (Phi) is 4.98. The van der Waals surface area contributed by atoms with Crippen LogP contribution in [0.1, 0.15) is 34.8 Å². The van der Waals surface area contributed by atoms with Crippen molar-refractivity contribution in [1.29, 1.82) is 0 Å². The lowest BCUT2D eigenvalue weighted by Crippen LogP contribution is -2.35. The average Bonchev–Trinajstić information content (AvgIpc) is 3.04. The van der Waals surface area contributed by atoms with Crippen LogP contribution in [-0.2, 0) is 11.4 Å². The van der Waals surface area contributed by atoms with Gasteiger partial charge in [-0.3, -0.25) is 9.59 Å². The number of benzene rings is 2. The number of rotatable bonds is 5. The molecule has 0 aromatic heterocycles. The Balaban J connectivity index is 1.76. The second kappa shape index (κ2) is 7.20. The summed E-state index contributed by atoms with van der Waals surface area (Å²) in [6.07, 6.45) is 0.459. The fourth-order valence-corrected chi connectivity index (χ4v) is 3.18. The zero-order chi connectivity index (χ0) is 18.7. The molecule has 1 amide bonds. The lowest BCUT2D eigenvalue weighted by molar-refractivity contribution is -0.147. The van der Waals surface area contributed by atoms with Crippen LogP contribution < -0.4 is 4.74 Å². The van der Waals surface area contributed by atoms with Crippen LogP contribution in [0.4, 0.5) is 0 Å². The number of amides is 1. The molecule has 1 atom stereocenters. The van der Waals surface area contributed by atoms with E-state index >= 15 is 0 Å². The highest BCUT2D eigenvalue weighted by Gasteiger charge is 2.42. The van der Waals surface area contributed by atoms with Crippen molar-refractivity contribution in [3.05, 3.63) is 65.2 Å². The van der Waals surface area contributed by atoms with E-state index in [1.165, 1.54) is 0 Å². The Morgan fingerprint density at radius 3 is 2.54 bits per heavy atom. The SMILES string of the molecule is Cc1ccccc1COc1ccccc1C(=O)N1CCC(C)(C(=O)O)C1. The van der Waals surface area contributed by atoms with Crippen molar-refractivity contribution in [2.24, 2.45) is 5.41 Å². The molecule has 1 saturated heterocycles. The molecule has 0 radical (unpaired) electrons. The largest absolute Gasteiger partial charge is 0.488 e. The minimum Gasteiger partial charge on any atom is -0.488 e. The topological polar surface area (TPSA) is 66.8 Å². The number of hydrogen-bond donors (Lipinski definition) is 1. The summed E-state index contributed by atoms with van der Waals surface area (Å²) in [5, 5.41) is 9.37. The van der Waals surface area contributed by atoms with Gasteiger partial charge in [0, 0.05) is 13.1 Å². The Bertz CT molecular complexity index is 832. The van der Waals surface area contributed by atoms with Crippen molar-refractivity contribution in [2.45, 2.75) is 26.9 Å². The molecule has 1 N–H and O–H groups in total. The summed E-state index contributed by atoms with van der Waals surface area (Å²) in [5.41, 5.74) is 1.78. The van der Waals surface area contributed by atoms with E-state index in [2.05, 4.69) is 0 Å². The fourth-order valence-electron chi connectivity index (χ4n) is 3.18. The number of carboxylic acids is 1. The molecular formula is C21H23NO4. The van der Waals surface area contributed by atoms with Crippen LogP contribution in [0.2, 0.25) is 0 Å². The number of hydrogen-bond acceptors (Lipinski definition) is 3. The summed E-state index contributed by atoms with van der Waals surface area (Å²) in [4.78, 5) is 25.9. The molecule has 1 aliphatic rings. The van der Waals surface area contributed by atoms with Crippen molar-refractivity contribution < 1.29 is 19.4 Å². The highest BCUT2D eigenvalue weighted by molar-refractivity contribution is 5.97. The van der Waals surface area contributed by atoms with Gasteiger partial charge in [-0.25, -0.2) is 0 Å². The molecule has 2 aromatic carbocycles. The molecule has 1 aliphatic heterocycles. The molecule has 0 saturated carbocycles. The maximum Gasteiger partial charge on any atom is 0.311 e. The summed E-state index contributed by atoms with van der Waals surface area (Å²) >= 11 is 0. The second-order valence-electron chi connectivity index (χ2n) is 7.05. The number of para-hydroxylation sites is 1. The highest BCUT2D eigenvalue weighted by atomic mass is 16.5. The standard InChI is InChI=1S/C21H23NO4/c1-15-7-3-4-8-16(15)13-26-18-10-6-5-9-17(18)19(23)22-12-11-21(2,14-22)20(24)25/h3-10H,11-14H2,1-2H3,(H,24,25). The predicted octanol–water partition coefficient (Wildman–Crippen LogP) is 3.51. The maximum absolute atomic E-state index is 12.9. The van der Waals surface area contributed by atoms with Crippen molar-refractivity contribution >= 4 is 11.9 Å². The van der Waals surface area contributed by atoms with E-state index in [0.29, 0.717) is 30.9 Å². The van der Waals surface area contributed by atoms with Gasteiger partial charge in [0.1, 0.15) is 12.4 Å². The van der Waals surface area contributed by atoms with Crippen LogP contribution in [0.3, 0.4) is 0 Å². The van der Waals surface area contributed by atoms with E-state index in [1.54, 1.807) is 30.0 Å². The molecule has 5 nitrogen and oxygen atoms in total. The lowest BCUT2D eigenvalue weighted by atomic mass is 9.90. The summed E-state index contributed by atoms with van der Waals surface area (Å²) in [6.45, 7) is 4.74. The molecule has 0 spiro atoms. The summed E-state index contributed by atoms with van der Waals surface area (Å²) < 4.78 is 5.92. The van der Waals surface area contributed by atoms with Gasteiger partial charge >= 0.3 is 5.97 Å². The molecule has 26 heavy (non-hydrogen) atoms. The first kappa shape index (κ1) is 18.0. The third kappa shape index (κ3) is 3.57. The van der Waals surface area contributed by atoms with Gasteiger partial charge in [0.05, 0.1) is 11.0 Å². The molecule has 1 heterocycles. The van der Waals surface area contributed by atoms with Gasteiger partial charge in [0.15, 0.2) is 0 Å². The Labute approximate surface area is 153 Å². The Morgan fingerprint density at radius 2 is 1.85 bits per heavy atom. The van der Waals surface area contributed by atoms with Crippen LogP contribution in [0.5, 0.6) is 5.75 Å². The first-order chi connectivity index (χ1) is 12.4. The minimum atomic E-state index is -0.882. The zero-order valence-electron chi connectivity index (χ0n) is 15.1. The highest BCUT2D eigenvalue weighted by Crippen LogP contribution is 2.32. The van der Waals surface area contributed by atoms with Crippen molar-refractivity contribution in [1.82, 2.24) is 4.90 Å². The van der Waals surface area contributed by atoms with Gasteiger partial charge in [-0.05, 0) is 43.5 Å². The molecular weight excluding hydrogens is 330 g/mol. The van der Waals surface area contributed by atoms with Crippen molar-refractivity contribution in [2.75, 3.05) is 13.1 Å². The number of ether oxygens (including phenoxy) is 1. The first-order valence-corrected chi connectivity index (χ1v) is 8.70. The number of aliphatic carboxylic acids is 1. The van der Waals surface area contributed by atoms with Crippen molar-refractivity contribution in [3.8, 4) is 5.75 Å². The maximum atomic E-state index is 12.9. The molecule has 1 fully saturated rings.